The smallest absolute Gasteiger partial charge is 0.170 e. The van der Waals surface area contributed by atoms with Crippen molar-refractivity contribution in [3.8, 4) is 0 Å². The van der Waals surface area contributed by atoms with Gasteiger partial charge in [-0.05, 0) is 55.5 Å². The monoisotopic (exact) mass is 273 g/mol. The van der Waals surface area contributed by atoms with Gasteiger partial charge in [0.05, 0.1) is 0 Å². The highest BCUT2D eigenvalue weighted by Crippen LogP contribution is 2.48. The summed E-state index contributed by atoms with van der Waals surface area (Å²) in [5.41, 5.74) is 7.62. The maximum Gasteiger partial charge on any atom is 0.170 e. The molecule has 4 heteroatoms. The second-order valence-electron chi connectivity index (χ2n) is 6.11. The predicted octanol–water partition coefficient (Wildman–Crippen LogP) is 2.31. The Labute approximate surface area is 120 Å². The maximum atomic E-state index is 8.83. The van der Waals surface area contributed by atoms with Crippen LogP contribution in [0.5, 0.6) is 0 Å². The van der Waals surface area contributed by atoms with Gasteiger partial charge >= 0.3 is 0 Å². The molecule has 2 aliphatic carbocycles. The number of nitrogens with zero attached hydrogens (tertiary/aromatic N) is 1. The molecule has 2 saturated carbocycles. The Hall–Kier alpha value is -1.55. The highest BCUT2D eigenvalue weighted by Gasteiger charge is 2.40. The van der Waals surface area contributed by atoms with Crippen molar-refractivity contribution in [3.63, 3.8) is 0 Å². The van der Waals surface area contributed by atoms with Gasteiger partial charge in [0.2, 0.25) is 0 Å². The second kappa shape index (κ2) is 5.83. The van der Waals surface area contributed by atoms with E-state index < -0.39 is 0 Å². The zero-order valence-corrected chi connectivity index (χ0v) is 11.8. The number of amidine groups is 1. The molecule has 2 fully saturated rings. The molecule has 108 valence electrons. The van der Waals surface area contributed by atoms with Crippen molar-refractivity contribution in [2.75, 3.05) is 6.54 Å². The van der Waals surface area contributed by atoms with Gasteiger partial charge in [-0.25, -0.2) is 0 Å². The van der Waals surface area contributed by atoms with Crippen LogP contribution >= 0.6 is 0 Å². The highest BCUT2D eigenvalue weighted by atomic mass is 16.4. The third-order valence-electron chi connectivity index (χ3n) is 4.55. The molecule has 2 aliphatic rings. The van der Waals surface area contributed by atoms with Gasteiger partial charge in [0.15, 0.2) is 5.84 Å². The molecule has 0 atom stereocenters. The first-order chi connectivity index (χ1) is 9.79. The lowest BCUT2D eigenvalue weighted by Gasteiger charge is -2.17. The van der Waals surface area contributed by atoms with E-state index in [9.17, 15) is 0 Å². The number of hydrogen-bond acceptors (Lipinski definition) is 3. The van der Waals surface area contributed by atoms with Crippen molar-refractivity contribution in [1.82, 2.24) is 5.32 Å². The van der Waals surface area contributed by atoms with Crippen LogP contribution in [0.25, 0.3) is 0 Å². The quantitative estimate of drug-likeness (QED) is 0.309. The Morgan fingerprint density at radius 1 is 1.25 bits per heavy atom. The number of rotatable bonds is 7. The van der Waals surface area contributed by atoms with Gasteiger partial charge in [-0.15, -0.1) is 0 Å². The van der Waals surface area contributed by atoms with Crippen LogP contribution in [0.15, 0.2) is 29.4 Å². The molecule has 1 aromatic rings. The molecule has 20 heavy (non-hydrogen) atoms. The lowest BCUT2D eigenvalue weighted by atomic mass is 9.97. The van der Waals surface area contributed by atoms with Gasteiger partial charge in [0.1, 0.15) is 0 Å². The SMILES string of the molecule is NC(=NO)c1ccccc1CNCC(C1CC1)C1CC1. The minimum atomic E-state index is 0.184. The molecule has 0 unspecified atom stereocenters. The molecule has 0 aromatic heterocycles. The molecular weight excluding hydrogens is 250 g/mol. The van der Waals surface area contributed by atoms with Crippen molar-refractivity contribution in [2.24, 2.45) is 28.6 Å². The molecule has 0 saturated heterocycles. The standard InChI is InChI=1S/C16H23N3O/c17-16(19-20)14-4-2-1-3-13(14)9-18-10-15(11-5-6-11)12-7-8-12/h1-4,11-12,15,18,20H,5-10H2,(H2,17,19). The third kappa shape index (κ3) is 3.12. The molecule has 0 bridgehead atoms. The molecule has 0 heterocycles. The van der Waals surface area contributed by atoms with Gasteiger partial charge in [-0.2, -0.15) is 0 Å². The number of nitrogens with two attached hydrogens (primary N) is 1. The average Bonchev–Trinajstić information content (AvgIpc) is 3.36. The van der Waals surface area contributed by atoms with E-state index in [1.165, 1.54) is 25.7 Å². The van der Waals surface area contributed by atoms with Crippen LogP contribution in [-0.4, -0.2) is 17.6 Å². The van der Waals surface area contributed by atoms with Gasteiger partial charge < -0.3 is 16.3 Å². The molecule has 4 nitrogen and oxygen atoms in total. The zero-order valence-electron chi connectivity index (χ0n) is 11.8. The molecule has 0 amide bonds. The molecule has 0 aliphatic heterocycles. The molecular formula is C16H23N3O. The summed E-state index contributed by atoms with van der Waals surface area (Å²) in [4.78, 5) is 0. The minimum absolute atomic E-state index is 0.184. The Balaban J connectivity index is 1.57. The summed E-state index contributed by atoms with van der Waals surface area (Å²) in [6, 6.07) is 7.83. The van der Waals surface area contributed by atoms with E-state index in [0.717, 1.165) is 42.0 Å². The molecule has 3 rings (SSSR count). The summed E-state index contributed by atoms with van der Waals surface area (Å²) in [5.74, 6) is 2.98. The van der Waals surface area contributed by atoms with Gasteiger partial charge in [-0.1, -0.05) is 29.4 Å². The predicted molar refractivity (Wildman–Crippen MR) is 79.6 cm³/mol. The first kappa shape index (κ1) is 13.4. The summed E-state index contributed by atoms with van der Waals surface area (Å²) in [7, 11) is 0. The fourth-order valence-corrected chi connectivity index (χ4v) is 3.12. The van der Waals surface area contributed by atoms with E-state index in [2.05, 4.69) is 10.5 Å². The maximum absolute atomic E-state index is 8.83. The fourth-order valence-electron chi connectivity index (χ4n) is 3.12. The van der Waals surface area contributed by atoms with E-state index in [1.54, 1.807) is 0 Å². The third-order valence-corrected chi connectivity index (χ3v) is 4.55. The van der Waals surface area contributed by atoms with Crippen molar-refractivity contribution >= 4 is 5.84 Å². The number of hydrogen-bond donors (Lipinski definition) is 3. The van der Waals surface area contributed by atoms with Crippen LogP contribution in [0.2, 0.25) is 0 Å². The van der Waals surface area contributed by atoms with Crippen LogP contribution in [0, 0.1) is 17.8 Å². The van der Waals surface area contributed by atoms with Crippen LogP contribution in [0.4, 0.5) is 0 Å². The average molecular weight is 273 g/mol. The molecule has 4 N–H and O–H groups in total. The Morgan fingerprint density at radius 3 is 2.50 bits per heavy atom. The fraction of sp³-hybridized carbons (Fsp3) is 0.562. The van der Waals surface area contributed by atoms with Crippen molar-refractivity contribution in [1.29, 1.82) is 0 Å². The summed E-state index contributed by atoms with van der Waals surface area (Å²) < 4.78 is 0. The van der Waals surface area contributed by atoms with Gasteiger partial charge in [0, 0.05) is 12.1 Å². The molecule has 0 radical (unpaired) electrons. The van der Waals surface area contributed by atoms with E-state index in [0.29, 0.717) is 0 Å². The second-order valence-corrected chi connectivity index (χ2v) is 6.11. The number of benzene rings is 1. The van der Waals surface area contributed by atoms with E-state index in [4.69, 9.17) is 10.9 Å². The Bertz CT molecular complexity index is 480. The Kier molecular flexibility index (Phi) is 3.92. The van der Waals surface area contributed by atoms with Crippen LogP contribution < -0.4 is 11.1 Å². The summed E-state index contributed by atoms with van der Waals surface area (Å²) >= 11 is 0. The summed E-state index contributed by atoms with van der Waals surface area (Å²) in [6.07, 6.45) is 5.68. The highest BCUT2D eigenvalue weighted by molar-refractivity contribution is 5.98. The van der Waals surface area contributed by atoms with Gasteiger partial charge in [-0.3, -0.25) is 0 Å². The normalized spacial score (nSPS) is 19.6. The van der Waals surface area contributed by atoms with Crippen LogP contribution in [-0.2, 0) is 6.54 Å². The first-order valence-electron chi connectivity index (χ1n) is 7.56. The van der Waals surface area contributed by atoms with Crippen LogP contribution in [0.3, 0.4) is 0 Å². The Morgan fingerprint density at radius 2 is 1.90 bits per heavy atom. The summed E-state index contributed by atoms with van der Waals surface area (Å²) in [5, 5.41) is 15.5. The molecule has 1 aromatic carbocycles. The van der Waals surface area contributed by atoms with Crippen molar-refractivity contribution < 1.29 is 5.21 Å². The zero-order chi connectivity index (χ0) is 13.9. The number of nitrogens with one attached hydrogen (secondary N) is 1. The van der Waals surface area contributed by atoms with E-state index >= 15 is 0 Å². The lowest BCUT2D eigenvalue weighted by molar-refractivity contribution is 0.318. The van der Waals surface area contributed by atoms with E-state index in [-0.39, 0.29) is 5.84 Å². The van der Waals surface area contributed by atoms with Crippen molar-refractivity contribution in [2.45, 2.75) is 32.2 Å². The van der Waals surface area contributed by atoms with E-state index in [1.807, 2.05) is 24.3 Å². The lowest BCUT2D eigenvalue weighted by Crippen LogP contribution is -2.26. The minimum Gasteiger partial charge on any atom is -0.409 e. The molecule has 0 spiro atoms. The van der Waals surface area contributed by atoms with Crippen LogP contribution in [0.1, 0.15) is 36.8 Å². The summed E-state index contributed by atoms with van der Waals surface area (Å²) in [6.45, 7) is 1.88. The van der Waals surface area contributed by atoms with Crippen molar-refractivity contribution in [3.05, 3.63) is 35.4 Å². The number of oxime groups is 1. The largest absolute Gasteiger partial charge is 0.409 e. The first-order valence-corrected chi connectivity index (χ1v) is 7.56. The topological polar surface area (TPSA) is 70.6 Å². The van der Waals surface area contributed by atoms with Gasteiger partial charge in [0.25, 0.3) is 0 Å².